The minimum atomic E-state index is -3.90. The smallest absolute Gasteiger partial charge is 0.244 e. The van der Waals surface area contributed by atoms with Crippen LogP contribution >= 0.6 is 23.7 Å². The van der Waals surface area contributed by atoms with Crippen molar-refractivity contribution >= 4 is 54.8 Å². The van der Waals surface area contributed by atoms with E-state index >= 15 is 0 Å². The Morgan fingerprint density at radius 2 is 1.77 bits per heavy atom. The molecule has 168 valence electrons. The number of benzene rings is 2. The highest BCUT2D eigenvalue weighted by Crippen LogP contribution is 2.31. The number of anilines is 1. The summed E-state index contributed by atoms with van der Waals surface area (Å²) < 4.78 is 39.5. The minimum absolute atomic E-state index is 0. The van der Waals surface area contributed by atoms with Gasteiger partial charge in [0, 0.05) is 6.54 Å². The van der Waals surface area contributed by atoms with Gasteiger partial charge < -0.3 is 4.90 Å². The number of carbonyl (C=O) groups is 1. The molecule has 3 aromatic rings. The third kappa shape index (κ3) is 6.22. The zero-order valence-corrected chi connectivity index (χ0v) is 20.0. The fraction of sp³-hybridized carbons (Fsp3) is 0.333. The summed E-state index contributed by atoms with van der Waals surface area (Å²) in [6.45, 7) is 3.05. The number of halogens is 2. The highest BCUT2D eigenvalue weighted by atomic mass is 35.5. The summed E-state index contributed by atoms with van der Waals surface area (Å²) in [7, 11) is -0.0269. The first-order valence-electron chi connectivity index (χ1n) is 9.47. The molecule has 1 heterocycles. The summed E-state index contributed by atoms with van der Waals surface area (Å²) in [6.07, 6.45) is 0.671. The topological polar surface area (TPSA) is 70.6 Å². The first-order valence-corrected chi connectivity index (χ1v) is 11.9. The van der Waals surface area contributed by atoms with Crippen molar-refractivity contribution in [3.8, 4) is 0 Å². The molecule has 0 atom stereocenters. The van der Waals surface area contributed by atoms with Gasteiger partial charge >= 0.3 is 0 Å². The second kappa shape index (κ2) is 10.5. The van der Waals surface area contributed by atoms with E-state index in [-0.39, 0.29) is 17.3 Å². The Kier molecular flexibility index (Phi) is 8.53. The van der Waals surface area contributed by atoms with E-state index in [0.29, 0.717) is 18.1 Å². The van der Waals surface area contributed by atoms with Gasteiger partial charge in [0.05, 0.1) is 15.1 Å². The van der Waals surface area contributed by atoms with Crippen LogP contribution in [0.25, 0.3) is 10.2 Å². The number of amides is 1. The van der Waals surface area contributed by atoms with E-state index in [9.17, 15) is 17.6 Å². The van der Waals surface area contributed by atoms with Crippen LogP contribution in [-0.2, 0) is 14.6 Å². The number of fused-ring (bicyclic) bond motifs is 1. The second-order valence-electron chi connectivity index (χ2n) is 7.33. The molecule has 0 aliphatic heterocycles. The number of carbonyl (C=O) groups excluding carboxylic acids is 1. The van der Waals surface area contributed by atoms with Gasteiger partial charge in [-0.05, 0) is 69.9 Å². The van der Waals surface area contributed by atoms with E-state index < -0.39 is 27.3 Å². The van der Waals surface area contributed by atoms with Gasteiger partial charge in [-0.3, -0.25) is 9.69 Å². The average molecular weight is 486 g/mol. The molecule has 0 bridgehead atoms. The third-order valence-corrected chi connectivity index (χ3v) is 7.28. The van der Waals surface area contributed by atoms with Gasteiger partial charge in [-0.15, -0.1) is 12.4 Å². The number of hydrogen-bond acceptors (Lipinski definition) is 6. The van der Waals surface area contributed by atoms with Crippen LogP contribution in [0.2, 0.25) is 0 Å². The maximum absolute atomic E-state index is 13.1. The number of aromatic nitrogens is 1. The predicted octanol–water partition coefficient (Wildman–Crippen LogP) is 3.92. The Morgan fingerprint density at radius 1 is 1.10 bits per heavy atom. The summed E-state index contributed by atoms with van der Waals surface area (Å²) in [6, 6.07) is 10.3. The lowest BCUT2D eigenvalue weighted by atomic mass is 10.2. The molecule has 31 heavy (non-hydrogen) atoms. The molecule has 0 saturated carbocycles. The van der Waals surface area contributed by atoms with Crippen molar-refractivity contribution in [1.29, 1.82) is 0 Å². The Balaban J connectivity index is 0.00000341. The first-order chi connectivity index (χ1) is 14.2. The predicted molar refractivity (Wildman–Crippen MR) is 126 cm³/mol. The molecule has 0 unspecified atom stereocenters. The van der Waals surface area contributed by atoms with Gasteiger partial charge in [0.1, 0.15) is 11.6 Å². The van der Waals surface area contributed by atoms with Crippen molar-refractivity contribution in [2.75, 3.05) is 37.8 Å². The Morgan fingerprint density at radius 3 is 2.39 bits per heavy atom. The van der Waals surface area contributed by atoms with E-state index in [1.54, 1.807) is 0 Å². The van der Waals surface area contributed by atoms with Crippen LogP contribution in [-0.4, -0.2) is 57.1 Å². The summed E-state index contributed by atoms with van der Waals surface area (Å²) in [5.41, 5.74) is 1.80. The van der Waals surface area contributed by atoms with Crippen LogP contribution < -0.4 is 4.90 Å². The van der Waals surface area contributed by atoms with Gasteiger partial charge in [0.25, 0.3) is 0 Å². The molecule has 0 saturated heterocycles. The molecule has 0 aliphatic carbocycles. The Bertz CT molecular complexity index is 1150. The molecule has 3 rings (SSSR count). The van der Waals surface area contributed by atoms with E-state index in [1.807, 2.05) is 44.1 Å². The highest BCUT2D eigenvalue weighted by molar-refractivity contribution is 7.92. The quantitative estimate of drug-likeness (QED) is 0.452. The van der Waals surface area contributed by atoms with E-state index in [4.69, 9.17) is 0 Å². The number of sulfone groups is 1. The number of aryl methyl sites for hydroxylation is 1. The maximum atomic E-state index is 13.1. The van der Waals surface area contributed by atoms with Crippen molar-refractivity contribution in [2.45, 2.75) is 18.2 Å². The average Bonchev–Trinajstić information content (AvgIpc) is 3.10. The van der Waals surface area contributed by atoms with Crippen molar-refractivity contribution in [2.24, 2.45) is 0 Å². The molecule has 1 amide bonds. The molecular formula is C21H25ClFN3O3S2. The van der Waals surface area contributed by atoms with Crippen molar-refractivity contribution in [3.05, 3.63) is 53.8 Å². The Labute approximate surface area is 192 Å². The van der Waals surface area contributed by atoms with Crippen LogP contribution in [0, 0.1) is 12.7 Å². The maximum Gasteiger partial charge on any atom is 0.244 e. The number of para-hydroxylation sites is 1. The number of nitrogens with zero attached hydrogens (tertiary/aromatic N) is 3. The van der Waals surface area contributed by atoms with Crippen molar-refractivity contribution < 1.29 is 17.6 Å². The monoisotopic (exact) mass is 485 g/mol. The number of hydrogen-bond donors (Lipinski definition) is 0. The lowest BCUT2D eigenvalue weighted by Gasteiger charge is -2.21. The molecule has 0 spiro atoms. The van der Waals surface area contributed by atoms with Gasteiger partial charge in [-0.2, -0.15) is 0 Å². The fourth-order valence-electron chi connectivity index (χ4n) is 3.03. The minimum Gasteiger partial charge on any atom is -0.309 e. The normalized spacial score (nSPS) is 11.5. The standard InChI is InChI=1S/C21H24FN3O3S2.ClH/c1-15-6-4-7-18-20(15)23-21(29-18)25(13-5-12-24(2)3)19(26)14-30(27,28)17-10-8-16(22)9-11-17;/h4,6-11H,5,12-14H2,1-3H3;1H. The molecule has 0 radical (unpaired) electrons. The van der Waals surface area contributed by atoms with Crippen LogP contribution in [0.5, 0.6) is 0 Å². The summed E-state index contributed by atoms with van der Waals surface area (Å²) >= 11 is 1.37. The van der Waals surface area contributed by atoms with Crippen molar-refractivity contribution in [3.63, 3.8) is 0 Å². The fourth-order valence-corrected chi connectivity index (χ4v) is 5.31. The van der Waals surface area contributed by atoms with E-state index in [2.05, 4.69) is 4.98 Å². The number of rotatable bonds is 8. The molecule has 1 aromatic heterocycles. The molecule has 6 nitrogen and oxygen atoms in total. The zero-order valence-electron chi connectivity index (χ0n) is 17.5. The van der Waals surface area contributed by atoms with Crippen LogP contribution in [0.15, 0.2) is 47.4 Å². The SMILES string of the molecule is Cc1cccc2sc(N(CCCN(C)C)C(=O)CS(=O)(=O)c3ccc(F)cc3)nc12.Cl. The largest absolute Gasteiger partial charge is 0.309 e. The van der Waals surface area contributed by atoms with Crippen LogP contribution in [0.4, 0.5) is 9.52 Å². The second-order valence-corrected chi connectivity index (χ2v) is 10.3. The number of thiazole rings is 1. The molecular weight excluding hydrogens is 461 g/mol. The van der Waals surface area contributed by atoms with Gasteiger partial charge in [-0.25, -0.2) is 17.8 Å². The summed E-state index contributed by atoms with van der Waals surface area (Å²) in [5, 5.41) is 0.484. The van der Waals surface area contributed by atoms with Crippen LogP contribution in [0.1, 0.15) is 12.0 Å². The molecule has 2 aromatic carbocycles. The zero-order chi connectivity index (χ0) is 21.9. The van der Waals surface area contributed by atoms with Gasteiger partial charge in [-0.1, -0.05) is 23.5 Å². The molecule has 0 aliphatic rings. The third-order valence-electron chi connectivity index (χ3n) is 4.61. The van der Waals surface area contributed by atoms with Crippen LogP contribution in [0.3, 0.4) is 0 Å². The molecule has 10 heteroatoms. The summed E-state index contributed by atoms with van der Waals surface area (Å²) in [4.78, 5) is 21.0. The van der Waals surface area contributed by atoms with Crippen molar-refractivity contribution in [1.82, 2.24) is 9.88 Å². The van der Waals surface area contributed by atoms with Gasteiger partial charge in [0.15, 0.2) is 15.0 Å². The van der Waals surface area contributed by atoms with Gasteiger partial charge in [0.2, 0.25) is 5.91 Å². The summed E-state index contributed by atoms with van der Waals surface area (Å²) in [5.74, 6) is -1.78. The molecule has 0 N–H and O–H groups in total. The highest BCUT2D eigenvalue weighted by Gasteiger charge is 2.26. The van der Waals surface area contributed by atoms with E-state index in [0.717, 1.165) is 34.5 Å². The molecule has 0 fully saturated rings. The first kappa shape index (κ1) is 25.2. The lowest BCUT2D eigenvalue weighted by Crippen LogP contribution is -2.37. The van der Waals surface area contributed by atoms with E-state index in [1.165, 1.54) is 28.4 Å². The Hall–Kier alpha value is -2.07. The lowest BCUT2D eigenvalue weighted by molar-refractivity contribution is -0.116.